The molecule has 2 aromatic rings. The van der Waals surface area contributed by atoms with E-state index in [0.29, 0.717) is 17.6 Å². The van der Waals surface area contributed by atoms with Crippen LogP contribution in [0.4, 0.5) is 0 Å². The molecule has 0 saturated carbocycles. The van der Waals surface area contributed by atoms with E-state index >= 15 is 0 Å². The second-order valence-corrected chi connectivity index (χ2v) is 5.53. The third-order valence-electron chi connectivity index (χ3n) is 3.02. The molecular formula is C16H20ClNO2. The van der Waals surface area contributed by atoms with E-state index in [-0.39, 0.29) is 6.61 Å². The fraction of sp³-hybridized carbons (Fsp3) is 0.375. The Bertz CT molecular complexity index is 571. The number of nitrogens with one attached hydrogen (secondary N) is 1. The van der Waals surface area contributed by atoms with Gasteiger partial charge in [-0.3, -0.25) is 0 Å². The molecule has 0 aliphatic heterocycles. The average Bonchev–Trinajstić information content (AvgIpc) is 2.43. The maximum absolute atomic E-state index is 9.87. The highest BCUT2D eigenvalue weighted by Crippen LogP contribution is 2.30. The van der Waals surface area contributed by atoms with E-state index in [1.807, 2.05) is 50.2 Å². The third kappa shape index (κ3) is 3.85. The molecule has 108 valence electrons. The SMILES string of the molecule is CC(C)NCC(O)COc1cccc2c(Cl)cccc12. The highest BCUT2D eigenvalue weighted by Gasteiger charge is 2.08. The lowest BCUT2D eigenvalue weighted by Crippen LogP contribution is -2.35. The molecule has 0 spiro atoms. The zero-order valence-corrected chi connectivity index (χ0v) is 12.5. The average molecular weight is 294 g/mol. The van der Waals surface area contributed by atoms with Gasteiger partial charge in [0, 0.05) is 28.4 Å². The van der Waals surface area contributed by atoms with Crippen molar-refractivity contribution in [1.29, 1.82) is 0 Å². The lowest BCUT2D eigenvalue weighted by molar-refractivity contribution is 0.105. The Morgan fingerprint density at radius 2 is 1.85 bits per heavy atom. The minimum absolute atomic E-state index is 0.255. The number of aliphatic hydroxyl groups excluding tert-OH is 1. The van der Waals surface area contributed by atoms with Gasteiger partial charge in [0.15, 0.2) is 0 Å². The maximum atomic E-state index is 9.87. The Morgan fingerprint density at radius 1 is 1.15 bits per heavy atom. The molecule has 2 rings (SSSR count). The number of fused-ring (bicyclic) bond motifs is 1. The molecule has 0 amide bonds. The summed E-state index contributed by atoms with van der Waals surface area (Å²) >= 11 is 6.16. The van der Waals surface area contributed by atoms with Crippen LogP contribution in [0.5, 0.6) is 5.75 Å². The zero-order chi connectivity index (χ0) is 14.5. The Labute approximate surface area is 124 Å². The van der Waals surface area contributed by atoms with Gasteiger partial charge in [-0.2, -0.15) is 0 Å². The van der Waals surface area contributed by atoms with Crippen molar-refractivity contribution in [3.8, 4) is 5.75 Å². The molecule has 2 N–H and O–H groups in total. The summed E-state index contributed by atoms with van der Waals surface area (Å²) in [5.74, 6) is 0.744. The van der Waals surface area contributed by atoms with Crippen LogP contribution in [0, 0.1) is 0 Å². The molecule has 3 nitrogen and oxygen atoms in total. The summed E-state index contributed by atoms with van der Waals surface area (Å²) in [5.41, 5.74) is 0. The Kier molecular flexibility index (Phi) is 5.24. The second-order valence-electron chi connectivity index (χ2n) is 5.12. The summed E-state index contributed by atoms with van der Waals surface area (Å²) in [4.78, 5) is 0. The van der Waals surface area contributed by atoms with Gasteiger partial charge in [0.25, 0.3) is 0 Å². The predicted octanol–water partition coefficient (Wildman–Crippen LogP) is 3.23. The van der Waals surface area contributed by atoms with Crippen molar-refractivity contribution in [3.63, 3.8) is 0 Å². The standard InChI is InChI=1S/C16H20ClNO2/c1-11(2)18-9-12(19)10-20-16-8-4-5-13-14(16)6-3-7-15(13)17/h3-8,11-12,18-19H,9-10H2,1-2H3. The van der Waals surface area contributed by atoms with Crippen LogP contribution in [0.2, 0.25) is 5.02 Å². The molecule has 2 aromatic carbocycles. The van der Waals surface area contributed by atoms with Gasteiger partial charge in [0.05, 0.1) is 0 Å². The molecule has 0 radical (unpaired) electrons. The first kappa shape index (κ1) is 15.1. The first-order valence-electron chi connectivity index (χ1n) is 6.79. The van der Waals surface area contributed by atoms with Crippen molar-refractivity contribution in [3.05, 3.63) is 41.4 Å². The number of aliphatic hydroxyl groups is 1. The summed E-state index contributed by atoms with van der Waals surface area (Å²) < 4.78 is 5.72. The van der Waals surface area contributed by atoms with E-state index in [9.17, 15) is 5.11 Å². The zero-order valence-electron chi connectivity index (χ0n) is 11.8. The van der Waals surface area contributed by atoms with Crippen molar-refractivity contribution in [1.82, 2.24) is 5.32 Å². The monoisotopic (exact) mass is 293 g/mol. The topological polar surface area (TPSA) is 41.5 Å². The van der Waals surface area contributed by atoms with Gasteiger partial charge in [-0.1, -0.05) is 49.7 Å². The van der Waals surface area contributed by atoms with Gasteiger partial charge in [0.1, 0.15) is 18.5 Å². The van der Waals surface area contributed by atoms with Crippen LogP contribution in [-0.2, 0) is 0 Å². The van der Waals surface area contributed by atoms with E-state index in [1.54, 1.807) is 0 Å². The van der Waals surface area contributed by atoms with Crippen molar-refractivity contribution in [2.75, 3.05) is 13.2 Å². The first-order valence-corrected chi connectivity index (χ1v) is 7.17. The van der Waals surface area contributed by atoms with E-state index in [2.05, 4.69) is 5.32 Å². The lowest BCUT2D eigenvalue weighted by atomic mass is 10.1. The summed E-state index contributed by atoms with van der Waals surface area (Å²) in [7, 11) is 0. The first-order chi connectivity index (χ1) is 9.58. The molecule has 0 aromatic heterocycles. The van der Waals surface area contributed by atoms with Gasteiger partial charge < -0.3 is 15.2 Å². The molecule has 4 heteroatoms. The summed E-state index contributed by atoms with van der Waals surface area (Å²) in [6.45, 7) is 4.86. The molecule has 20 heavy (non-hydrogen) atoms. The molecule has 0 fully saturated rings. The largest absolute Gasteiger partial charge is 0.490 e. The quantitative estimate of drug-likeness (QED) is 0.859. The van der Waals surface area contributed by atoms with Crippen LogP contribution in [0.1, 0.15) is 13.8 Å². The van der Waals surface area contributed by atoms with Gasteiger partial charge >= 0.3 is 0 Å². The third-order valence-corrected chi connectivity index (χ3v) is 3.35. The Balaban J connectivity index is 2.05. The van der Waals surface area contributed by atoms with Gasteiger partial charge in [-0.15, -0.1) is 0 Å². The highest BCUT2D eigenvalue weighted by molar-refractivity contribution is 6.35. The minimum atomic E-state index is -0.535. The molecule has 0 aliphatic rings. The maximum Gasteiger partial charge on any atom is 0.127 e. The van der Waals surface area contributed by atoms with E-state index < -0.39 is 6.10 Å². The summed E-state index contributed by atoms with van der Waals surface area (Å²) in [6.07, 6.45) is -0.535. The lowest BCUT2D eigenvalue weighted by Gasteiger charge is -2.16. The number of ether oxygens (including phenoxy) is 1. The normalized spacial score (nSPS) is 12.8. The Morgan fingerprint density at radius 3 is 2.60 bits per heavy atom. The van der Waals surface area contributed by atoms with Crippen molar-refractivity contribution in [2.24, 2.45) is 0 Å². The smallest absolute Gasteiger partial charge is 0.127 e. The van der Waals surface area contributed by atoms with Crippen LogP contribution >= 0.6 is 11.6 Å². The van der Waals surface area contributed by atoms with Gasteiger partial charge in [-0.05, 0) is 12.1 Å². The molecular weight excluding hydrogens is 274 g/mol. The molecule has 1 atom stereocenters. The van der Waals surface area contributed by atoms with Crippen LogP contribution in [0.15, 0.2) is 36.4 Å². The molecule has 1 unspecified atom stereocenters. The fourth-order valence-electron chi connectivity index (χ4n) is 1.99. The Hall–Kier alpha value is -1.29. The fourth-order valence-corrected chi connectivity index (χ4v) is 2.22. The molecule has 0 bridgehead atoms. The van der Waals surface area contributed by atoms with Crippen LogP contribution in [0.3, 0.4) is 0 Å². The number of rotatable bonds is 6. The van der Waals surface area contributed by atoms with Gasteiger partial charge in [-0.25, -0.2) is 0 Å². The highest BCUT2D eigenvalue weighted by atomic mass is 35.5. The molecule has 0 saturated heterocycles. The van der Waals surface area contributed by atoms with Crippen LogP contribution in [-0.4, -0.2) is 30.4 Å². The van der Waals surface area contributed by atoms with E-state index in [0.717, 1.165) is 16.5 Å². The minimum Gasteiger partial charge on any atom is -0.490 e. The van der Waals surface area contributed by atoms with E-state index in [1.165, 1.54) is 0 Å². The molecule has 0 aliphatic carbocycles. The summed E-state index contributed by atoms with van der Waals surface area (Å²) in [6, 6.07) is 11.8. The van der Waals surface area contributed by atoms with Crippen molar-refractivity contribution < 1.29 is 9.84 Å². The number of hydrogen-bond donors (Lipinski definition) is 2. The van der Waals surface area contributed by atoms with E-state index in [4.69, 9.17) is 16.3 Å². The van der Waals surface area contributed by atoms with Crippen molar-refractivity contribution >= 4 is 22.4 Å². The van der Waals surface area contributed by atoms with Crippen molar-refractivity contribution in [2.45, 2.75) is 26.0 Å². The number of hydrogen-bond acceptors (Lipinski definition) is 3. The summed E-state index contributed by atoms with van der Waals surface area (Å²) in [5, 5.41) is 15.7. The van der Waals surface area contributed by atoms with Crippen LogP contribution in [0.25, 0.3) is 10.8 Å². The predicted molar refractivity (Wildman–Crippen MR) is 83.6 cm³/mol. The number of benzene rings is 2. The second kappa shape index (κ2) is 6.93. The molecule has 0 heterocycles. The number of halogens is 1. The van der Waals surface area contributed by atoms with Crippen LogP contribution < -0.4 is 10.1 Å². The van der Waals surface area contributed by atoms with Gasteiger partial charge in [0.2, 0.25) is 0 Å².